The van der Waals surface area contributed by atoms with Crippen molar-refractivity contribution in [3.63, 3.8) is 0 Å². The quantitative estimate of drug-likeness (QED) is 0.379. The Morgan fingerprint density at radius 3 is 3.00 bits per heavy atom. The molecule has 0 aliphatic rings. The number of aromatic nitrogens is 2. The van der Waals surface area contributed by atoms with Crippen molar-refractivity contribution in [2.24, 2.45) is 5.84 Å². The normalized spacial score (nSPS) is 10.2. The highest BCUT2D eigenvalue weighted by Crippen LogP contribution is 2.24. The summed E-state index contributed by atoms with van der Waals surface area (Å²) in [5.74, 6) is 5.52. The summed E-state index contributed by atoms with van der Waals surface area (Å²) in [5.41, 5.74) is 3.66. The first-order chi connectivity index (χ1) is 8.31. The maximum atomic E-state index is 11.5. The Kier molecular flexibility index (Phi) is 4.08. The summed E-state index contributed by atoms with van der Waals surface area (Å²) in [7, 11) is 0. The fraction of sp³-hybridized carbons (Fsp3) is 0.100. The van der Waals surface area contributed by atoms with E-state index < -0.39 is 0 Å². The summed E-state index contributed by atoms with van der Waals surface area (Å²) in [6, 6.07) is 7.35. The van der Waals surface area contributed by atoms with Crippen LogP contribution in [0.25, 0.3) is 0 Å². The number of nitrogens with two attached hydrogens (primary N) is 1. The van der Waals surface area contributed by atoms with Gasteiger partial charge in [0.15, 0.2) is 4.34 Å². The predicted octanol–water partition coefficient (Wildman–Crippen LogP) is 1.43. The molecule has 2 rings (SSSR count). The van der Waals surface area contributed by atoms with Crippen LogP contribution in [0.1, 0.15) is 15.9 Å². The molecule has 88 valence electrons. The second-order valence-electron chi connectivity index (χ2n) is 3.13. The van der Waals surface area contributed by atoms with Crippen LogP contribution in [-0.4, -0.2) is 15.3 Å². The van der Waals surface area contributed by atoms with Crippen molar-refractivity contribution < 1.29 is 4.79 Å². The van der Waals surface area contributed by atoms with Gasteiger partial charge >= 0.3 is 0 Å². The molecule has 1 amide bonds. The van der Waals surface area contributed by atoms with Gasteiger partial charge in [-0.15, -0.1) is 0 Å². The fourth-order valence-corrected chi connectivity index (χ4v) is 2.76. The SMILES string of the molecule is NNC(=O)c1ccccc1CSc1ncns1. The maximum absolute atomic E-state index is 11.5. The van der Waals surface area contributed by atoms with Crippen LogP contribution in [0.5, 0.6) is 0 Å². The van der Waals surface area contributed by atoms with Crippen molar-refractivity contribution in [2.45, 2.75) is 10.1 Å². The smallest absolute Gasteiger partial charge is 0.265 e. The molecule has 0 bridgehead atoms. The Labute approximate surface area is 107 Å². The number of hydrogen-bond donors (Lipinski definition) is 2. The number of hydrogen-bond acceptors (Lipinski definition) is 6. The number of carbonyl (C=O) groups excluding carboxylic acids is 1. The third-order valence-electron chi connectivity index (χ3n) is 2.09. The minimum absolute atomic E-state index is 0.279. The number of thioether (sulfide) groups is 1. The summed E-state index contributed by atoms with van der Waals surface area (Å²) in [5, 5.41) is 0. The van der Waals surface area contributed by atoms with Crippen LogP contribution in [0.4, 0.5) is 0 Å². The minimum atomic E-state index is -0.279. The number of nitrogen functional groups attached to an aromatic ring is 1. The molecule has 0 aliphatic carbocycles. The van der Waals surface area contributed by atoms with Crippen molar-refractivity contribution >= 4 is 29.2 Å². The van der Waals surface area contributed by atoms with E-state index in [1.165, 1.54) is 17.9 Å². The molecule has 0 saturated heterocycles. The van der Waals surface area contributed by atoms with Gasteiger partial charge in [0.1, 0.15) is 6.33 Å². The van der Waals surface area contributed by atoms with Crippen LogP contribution >= 0.6 is 23.3 Å². The first-order valence-electron chi connectivity index (χ1n) is 4.79. The van der Waals surface area contributed by atoms with Gasteiger partial charge in [-0.05, 0) is 23.2 Å². The van der Waals surface area contributed by atoms with Crippen LogP contribution in [0.3, 0.4) is 0 Å². The lowest BCUT2D eigenvalue weighted by Gasteiger charge is -2.06. The number of hydrazine groups is 1. The lowest BCUT2D eigenvalue weighted by molar-refractivity contribution is 0.0953. The van der Waals surface area contributed by atoms with E-state index in [0.717, 1.165) is 9.90 Å². The zero-order valence-corrected chi connectivity index (χ0v) is 10.4. The zero-order chi connectivity index (χ0) is 12.1. The number of benzene rings is 1. The topological polar surface area (TPSA) is 80.9 Å². The van der Waals surface area contributed by atoms with Crippen molar-refractivity contribution in [1.82, 2.24) is 14.8 Å². The molecule has 2 aromatic rings. The average Bonchev–Trinajstić information content (AvgIpc) is 2.89. The molecule has 3 N–H and O–H groups in total. The fourth-order valence-electron chi connectivity index (χ4n) is 1.31. The number of amides is 1. The standard InChI is InChI=1S/C10H10N4OS2/c11-14-9(15)8-4-2-1-3-7(8)5-16-10-12-6-13-17-10/h1-4,6H,5,11H2,(H,14,15). The summed E-state index contributed by atoms with van der Waals surface area (Å²) >= 11 is 2.89. The van der Waals surface area contributed by atoms with Gasteiger partial charge in [0, 0.05) is 11.3 Å². The first-order valence-corrected chi connectivity index (χ1v) is 6.55. The van der Waals surface area contributed by atoms with Gasteiger partial charge in [-0.1, -0.05) is 30.0 Å². The van der Waals surface area contributed by atoms with Crippen molar-refractivity contribution in [2.75, 3.05) is 0 Å². The molecule has 1 aromatic heterocycles. The van der Waals surface area contributed by atoms with E-state index in [4.69, 9.17) is 5.84 Å². The number of nitrogens with one attached hydrogen (secondary N) is 1. The lowest BCUT2D eigenvalue weighted by Crippen LogP contribution is -2.30. The molecule has 0 radical (unpaired) electrons. The third kappa shape index (κ3) is 3.02. The van der Waals surface area contributed by atoms with Gasteiger partial charge < -0.3 is 0 Å². The van der Waals surface area contributed by atoms with Crippen LogP contribution in [-0.2, 0) is 5.75 Å². The molecule has 1 heterocycles. The van der Waals surface area contributed by atoms with Crippen LogP contribution in [0.15, 0.2) is 34.9 Å². The second-order valence-corrected chi connectivity index (χ2v) is 5.13. The highest BCUT2D eigenvalue weighted by molar-refractivity contribution is 8.00. The predicted molar refractivity (Wildman–Crippen MR) is 67.6 cm³/mol. The third-order valence-corrected chi connectivity index (χ3v) is 3.93. The Morgan fingerprint density at radius 2 is 2.29 bits per heavy atom. The summed E-state index contributed by atoms with van der Waals surface area (Å²) in [6.07, 6.45) is 1.52. The zero-order valence-electron chi connectivity index (χ0n) is 8.79. The summed E-state index contributed by atoms with van der Waals surface area (Å²) in [4.78, 5) is 15.6. The monoisotopic (exact) mass is 266 g/mol. The van der Waals surface area contributed by atoms with Crippen molar-refractivity contribution in [3.8, 4) is 0 Å². The van der Waals surface area contributed by atoms with E-state index >= 15 is 0 Å². The number of carbonyl (C=O) groups is 1. The van der Waals surface area contributed by atoms with Gasteiger partial charge in [-0.3, -0.25) is 10.2 Å². The van der Waals surface area contributed by atoms with Crippen molar-refractivity contribution in [3.05, 3.63) is 41.7 Å². The maximum Gasteiger partial charge on any atom is 0.265 e. The highest BCUT2D eigenvalue weighted by atomic mass is 32.2. The van der Waals surface area contributed by atoms with Gasteiger partial charge in [-0.2, -0.15) is 4.37 Å². The van der Waals surface area contributed by atoms with Crippen LogP contribution in [0, 0.1) is 0 Å². The molecule has 1 aromatic carbocycles. The van der Waals surface area contributed by atoms with Crippen molar-refractivity contribution in [1.29, 1.82) is 0 Å². The molecule has 0 spiro atoms. The molecule has 0 atom stereocenters. The van der Waals surface area contributed by atoms with E-state index in [2.05, 4.69) is 14.8 Å². The Hall–Kier alpha value is -1.44. The molecule has 0 unspecified atom stereocenters. The Balaban J connectivity index is 2.12. The molecule has 7 heteroatoms. The van der Waals surface area contributed by atoms with E-state index in [-0.39, 0.29) is 5.91 Å². The molecule has 0 saturated carbocycles. The molecule has 17 heavy (non-hydrogen) atoms. The number of nitrogens with zero attached hydrogens (tertiary/aromatic N) is 2. The van der Waals surface area contributed by atoms with Gasteiger partial charge in [-0.25, -0.2) is 10.8 Å². The Bertz CT molecular complexity index is 501. The minimum Gasteiger partial charge on any atom is -0.290 e. The van der Waals surface area contributed by atoms with E-state index in [0.29, 0.717) is 11.3 Å². The molecular formula is C10H10N4OS2. The Morgan fingerprint density at radius 1 is 1.47 bits per heavy atom. The molecule has 5 nitrogen and oxygen atoms in total. The summed E-state index contributed by atoms with van der Waals surface area (Å²) in [6.45, 7) is 0. The van der Waals surface area contributed by atoms with Gasteiger partial charge in [0.05, 0.1) is 0 Å². The van der Waals surface area contributed by atoms with E-state index in [1.54, 1.807) is 17.8 Å². The van der Waals surface area contributed by atoms with Gasteiger partial charge in [0.2, 0.25) is 0 Å². The van der Waals surface area contributed by atoms with E-state index in [1.807, 2.05) is 18.2 Å². The highest BCUT2D eigenvalue weighted by Gasteiger charge is 2.10. The second kappa shape index (κ2) is 5.76. The van der Waals surface area contributed by atoms with Crippen LogP contribution in [0.2, 0.25) is 0 Å². The summed E-state index contributed by atoms with van der Waals surface area (Å²) < 4.78 is 4.80. The number of rotatable bonds is 4. The van der Waals surface area contributed by atoms with E-state index in [9.17, 15) is 4.79 Å². The molecule has 0 aliphatic heterocycles. The molecular weight excluding hydrogens is 256 g/mol. The first kappa shape index (κ1) is 12.0. The molecule has 0 fully saturated rings. The lowest BCUT2D eigenvalue weighted by atomic mass is 10.1. The van der Waals surface area contributed by atoms with Gasteiger partial charge in [0.25, 0.3) is 5.91 Å². The average molecular weight is 266 g/mol. The van der Waals surface area contributed by atoms with Crippen LogP contribution < -0.4 is 11.3 Å². The largest absolute Gasteiger partial charge is 0.290 e.